The average Bonchev–Trinajstić information content (AvgIpc) is 0.895. The fraction of sp³-hybridized carbons (Fsp3) is 0.684. The summed E-state index contributed by atoms with van der Waals surface area (Å²) in [5.74, 6) is 0. The van der Waals surface area contributed by atoms with Gasteiger partial charge in [0.1, 0.15) is 67.1 Å². The summed E-state index contributed by atoms with van der Waals surface area (Å²) >= 11 is 0. The van der Waals surface area contributed by atoms with Crippen LogP contribution in [0.25, 0.3) is 0 Å². The van der Waals surface area contributed by atoms with Gasteiger partial charge in [0, 0.05) is 80.1 Å². The first-order valence-corrected chi connectivity index (χ1v) is 36.6. The van der Waals surface area contributed by atoms with Crippen molar-refractivity contribution in [2.75, 3.05) is 34.7 Å². The quantitative estimate of drug-likeness (QED) is 0.0526. The van der Waals surface area contributed by atoms with Crippen molar-refractivity contribution in [3.63, 3.8) is 0 Å². The van der Waals surface area contributed by atoms with E-state index in [-0.39, 0.29) is 51.4 Å². The summed E-state index contributed by atoms with van der Waals surface area (Å²) in [6.07, 6.45) is -46.4. The van der Waals surface area contributed by atoms with Gasteiger partial charge in [-0.3, -0.25) is 0 Å². The number of hydrogen-bond donors (Lipinski definition) is 26. The maximum absolute atomic E-state index is 11.1. The van der Waals surface area contributed by atoms with E-state index in [4.69, 9.17) is 13.3 Å². The van der Waals surface area contributed by atoms with Gasteiger partial charge in [0.15, 0.2) is 0 Å². The van der Waals surface area contributed by atoms with Gasteiger partial charge in [-0.1, -0.05) is 36.4 Å². The highest BCUT2D eigenvalue weighted by atomic mass is 28.4. The molecule has 26 N–H and O–H groups in total. The van der Waals surface area contributed by atoms with Crippen LogP contribution in [0, 0.1) is 0 Å². The first-order valence-electron chi connectivity index (χ1n) is 30.5. The fourth-order valence-corrected chi connectivity index (χ4v) is 16.3. The van der Waals surface area contributed by atoms with Crippen molar-refractivity contribution >= 4 is 43.5 Å². The number of aliphatic hydroxyl groups excluding tert-OH is 20. The zero-order valence-corrected chi connectivity index (χ0v) is 53.2. The molecule has 1 saturated heterocycles. The van der Waals surface area contributed by atoms with E-state index in [1.807, 2.05) is 14.7 Å². The topological polar surface area (TPSA) is 563 Å². The SMILES string of the molecule is OC1C[C@H](O)CC(O)[C@H](O)C(O)C(O)CC1O[Si](O)(O)CCc1ccc(N2CN(c3ccc(CC[Si](O)(O)OC4CC(O)[C@H](O)C(O)C(O)C(O)C(O)[C@H](O)C4)cc3)CN(c3ccc(CC[Si](O)(O)OC4C(O)CC(O)C(O)C(O)[C@H](O)C(O)CC4O)cc3)C2)cc1. The van der Waals surface area contributed by atoms with E-state index in [0.717, 1.165) is 0 Å². The number of rotatable bonds is 18. The lowest BCUT2D eigenvalue weighted by Gasteiger charge is -2.45. The van der Waals surface area contributed by atoms with Crippen LogP contribution in [0.1, 0.15) is 61.6 Å². The van der Waals surface area contributed by atoms with Crippen LogP contribution in [-0.2, 0) is 32.5 Å². The van der Waals surface area contributed by atoms with E-state index in [0.29, 0.717) is 33.8 Å². The molecule has 18 unspecified atom stereocenters. The third-order valence-corrected chi connectivity index (χ3v) is 22.4. The van der Waals surface area contributed by atoms with Gasteiger partial charge >= 0.3 is 26.4 Å². The molecule has 3 aromatic rings. The Bertz CT molecular complexity index is 2660. The molecule has 3 aromatic carbocycles. The van der Waals surface area contributed by atoms with Crippen molar-refractivity contribution in [2.24, 2.45) is 0 Å². The van der Waals surface area contributed by atoms with Crippen molar-refractivity contribution < 1.29 is 144 Å². The predicted molar refractivity (Wildman–Crippen MR) is 325 cm³/mol. The summed E-state index contributed by atoms with van der Waals surface area (Å²) in [6.45, 7) is 0.859. The molecule has 1 heterocycles. The Morgan fingerprint density at radius 3 is 0.935 bits per heavy atom. The smallest absolute Gasteiger partial charge is 0.393 e. The molecule has 0 radical (unpaired) electrons. The molecule has 4 fully saturated rings. The molecular weight excluding hydrogens is 1270 g/mol. The number of hydrogen-bond acceptors (Lipinski definition) is 32. The van der Waals surface area contributed by atoms with Crippen LogP contribution in [0.4, 0.5) is 17.1 Å². The molecule has 32 nitrogen and oxygen atoms in total. The van der Waals surface area contributed by atoms with E-state index >= 15 is 0 Å². The molecule has 0 spiro atoms. The molecule has 35 heteroatoms. The lowest BCUT2D eigenvalue weighted by molar-refractivity contribution is -0.179. The van der Waals surface area contributed by atoms with Crippen LogP contribution in [0.3, 0.4) is 0 Å². The molecule has 4 aliphatic rings. The highest BCUT2D eigenvalue weighted by Gasteiger charge is 2.48. The summed E-state index contributed by atoms with van der Waals surface area (Å²) in [6, 6.07) is 20.2. The van der Waals surface area contributed by atoms with Crippen LogP contribution >= 0.6 is 0 Å². The number of benzene rings is 3. The summed E-state index contributed by atoms with van der Waals surface area (Å²) in [4.78, 5) is 72.8. The maximum Gasteiger partial charge on any atom is 0.496 e. The molecule has 1 aliphatic heterocycles. The lowest BCUT2D eigenvalue weighted by atomic mass is 9.88. The summed E-state index contributed by atoms with van der Waals surface area (Å²) in [7, 11) is -14.1. The van der Waals surface area contributed by atoms with Gasteiger partial charge in [0.2, 0.25) is 0 Å². The summed E-state index contributed by atoms with van der Waals surface area (Å²) in [5, 5.41) is 209. The Hall–Kier alpha value is -3.45. The van der Waals surface area contributed by atoms with E-state index in [9.17, 15) is 131 Å². The van der Waals surface area contributed by atoms with E-state index in [1.54, 1.807) is 72.8 Å². The molecule has 7 rings (SSSR count). The number of anilines is 3. The second-order valence-electron chi connectivity index (χ2n) is 25.1. The molecule has 92 heavy (non-hydrogen) atoms. The second-order valence-corrected chi connectivity index (χ2v) is 31.7. The zero-order chi connectivity index (χ0) is 67.9. The third kappa shape index (κ3) is 20.6. The zero-order valence-electron chi connectivity index (χ0n) is 50.2. The van der Waals surface area contributed by atoms with Crippen LogP contribution in [0.5, 0.6) is 0 Å². The van der Waals surface area contributed by atoms with Gasteiger partial charge in [0.25, 0.3) is 0 Å². The number of nitrogens with zero attached hydrogens (tertiary/aromatic N) is 3. The van der Waals surface area contributed by atoms with Gasteiger partial charge in [-0.05, 0) is 72.4 Å². The van der Waals surface area contributed by atoms with Crippen molar-refractivity contribution in [3.05, 3.63) is 89.5 Å². The largest absolute Gasteiger partial charge is 0.496 e. The van der Waals surface area contributed by atoms with E-state index in [2.05, 4.69) is 0 Å². The van der Waals surface area contributed by atoms with Crippen LogP contribution in [0.2, 0.25) is 18.1 Å². The van der Waals surface area contributed by atoms with Gasteiger partial charge < -0.3 is 159 Å². The molecular formula is C57H93N3O29Si3. The molecule has 0 bridgehead atoms. The first-order chi connectivity index (χ1) is 43.0. The van der Waals surface area contributed by atoms with Gasteiger partial charge in [-0.2, -0.15) is 0 Å². The molecule has 0 amide bonds. The van der Waals surface area contributed by atoms with Crippen molar-refractivity contribution in [1.82, 2.24) is 0 Å². The second kappa shape index (κ2) is 32.7. The Kier molecular flexibility index (Phi) is 27.0. The molecule has 3 aliphatic carbocycles. The van der Waals surface area contributed by atoms with Crippen molar-refractivity contribution in [1.29, 1.82) is 0 Å². The van der Waals surface area contributed by atoms with Crippen molar-refractivity contribution in [3.8, 4) is 0 Å². The molecule has 522 valence electrons. The minimum atomic E-state index is -4.79. The van der Waals surface area contributed by atoms with Gasteiger partial charge in [-0.15, -0.1) is 0 Å². The van der Waals surface area contributed by atoms with E-state index < -0.39 is 218 Å². The predicted octanol–water partition coefficient (Wildman–Crippen LogP) is -9.06. The average molecular weight is 1370 g/mol. The first kappa shape index (κ1) is 75.9. The van der Waals surface area contributed by atoms with Gasteiger partial charge in [-0.25, -0.2) is 0 Å². The summed E-state index contributed by atoms with van der Waals surface area (Å²) in [5.41, 5.74) is 3.96. The van der Waals surface area contributed by atoms with Crippen LogP contribution in [0.15, 0.2) is 72.8 Å². The Morgan fingerprint density at radius 2 is 0.565 bits per heavy atom. The number of aliphatic hydroxyl groups is 20. The fourth-order valence-electron chi connectivity index (χ4n) is 11.9. The summed E-state index contributed by atoms with van der Waals surface area (Å²) < 4.78 is 16.7. The van der Waals surface area contributed by atoms with Gasteiger partial charge in [0.05, 0.1) is 93.3 Å². The highest BCUT2D eigenvalue weighted by molar-refractivity contribution is 6.58. The Labute approximate surface area is 532 Å². The lowest BCUT2D eigenvalue weighted by Crippen LogP contribution is -2.57. The standard InChI is InChI=1S/C57H93N3O29Si3/c61-35-19-37(62)46(25-43(68)48(72)47(71)38(63)20-35)88-91(83,84)17-14-30-3-9-33(10-4-30)59-26-58(32-7-1-29(2-8-32)13-16-90(81,82)87-36-21-39(64)49(73)54(78)56(80)55(79)50(74)40(65)22-36)27-60(28-59)34-11-5-31(6-12-34)15-18-92(85,86)89-57-44(69)23-41(66)51(75)53(77)52(76)42(67)24-45(57)70/h1-12,35-57,61-86H,13-28H2/t35-,36?,37?,38?,39+,40?,41?,42?,43?,44?,45?,46?,47-,48?,49?,50-,51+,52?,53?,54?,55?,56?,57?/m0/s1. The Balaban J connectivity index is 1.05. The minimum Gasteiger partial charge on any atom is -0.393 e. The minimum absolute atomic E-state index is 0.00836. The molecule has 0 aromatic heterocycles. The normalized spacial score (nSPS) is 36.6. The Morgan fingerprint density at radius 1 is 0.293 bits per heavy atom. The monoisotopic (exact) mass is 1370 g/mol. The third-order valence-electron chi connectivity index (χ3n) is 17.6. The number of aryl methyl sites for hydroxylation is 3. The van der Waals surface area contributed by atoms with Crippen molar-refractivity contribution in [2.45, 2.75) is 223 Å². The molecule has 23 atom stereocenters. The van der Waals surface area contributed by atoms with E-state index in [1.165, 1.54) is 0 Å². The van der Waals surface area contributed by atoms with Crippen LogP contribution < -0.4 is 14.7 Å². The highest BCUT2D eigenvalue weighted by Crippen LogP contribution is 2.33. The van der Waals surface area contributed by atoms with Crippen LogP contribution in [-0.4, -0.2) is 318 Å². The maximum atomic E-state index is 11.1. The molecule has 3 saturated carbocycles.